The van der Waals surface area contributed by atoms with Gasteiger partial charge >= 0.3 is 0 Å². The van der Waals surface area contributed by atoms with E-state index in [9.17, 15) is 4.79 Å². The highest BCUT2D eigenvalue weighted by molar-refractivity contribution is 6.30. The van der Waals surface area contributed by atoms with Crippen LogP contribution >= 0.6 is 11.6 Å². The molecule has 1 N–H and O–H groups in total. The number of rotatable bonds is 3. The molecule has 0 unspecified atom stereocenters. The van der Waals surface area contributed by atoms with Crippen LogP contribution in [-0.4, -0.2) is 10.9 Å². The molecular weight excluding hydrogens is 348 g/mol. The topological polar surface area (TPSA) is 55.1 Å². The first-order valence-electron chi connectivity index (χ1n) is 8.14. The zero-order chi connectivity index (χ0) is 18.1. The molecule has 0 aliphatic rings. The second kappa shape index (κ2) is 6.65. The maximum Gasteiger partial charge on any atom is 0.255 e. The van der Waals surface area contributed by atoms with Gasteiger partial charge in [-0.05, 0) is 48.9 Å². The Morgan fingerprint density at radius 2 is 1.88 bits per heavy atom. The van der Waals surface area contributed by atoms with Crippen LogP contribution in [0.25, 0.3) is 22.6 Å². The van der Waals surface area contributed by atoms with E-state index in [1.165, 1.54) is 0 Å². The summed E-state index contributed by atoms with van der Waals surface area (Å²) in [7, 11) is 0. The Labute approximate surface area is 155 Å². The number of hydrogen-bond acceptors (Lipinski definition) is 3. The molecule has 1 heterocycles. The summed E-state index contributed by atoms with van der Waals surface area (Å²) in [4.78, 5) is 16.9. The summed E-state index contributed by atoms with van der Waals surface area (Å²) in [5, 5.41) is 3.52. The van der Waals surface area contributed by atoms with Crippen molar-refractivity contribution in [3.05, 3.63) is 82.9 Å². The molecule has 0 atom stereocenters. The van der Waals surface area contributed by atoms with Crippen molar-refractivity contribution in [1.29, 1.82) is 0 Å². The van der Waals surface area contributed by atoms with Crippen LogP contribution < -0.4 is 5.32 Å². The molecular formula is C21H15ClN2O2. The molecule has 5 heteroatoms. The number of anilines is 1. The van der Waals surface area contributed by atoms with Crippen LogP contribution in [0.5, 0.6) is 0 Å². The number of aromatic nitrogens is 1. The minimum atomic E-state index is -0.156. The molecule has 0 aliphatic heterocycles. The largest absolute Gasteiger partial charge is 0.436 e. The van der Waals surface area contributed by atoms with Crippen LogP contribution in [0.4, 0.5) is 5.69 Å². The number of aryl methyl sites for hydroxylation is 1. The predicted molar refractivity (Wildman–Crippen MR) is 104 cm³/mol. The monoisotopic (exact) mass is 362 g/mol. The number of benzene rings is 3. The maximum atomic E-state index is 12.5. The summed E-state index contributed by atoms with van der Waals surface area (Å²) < 4.78 is 5.84. The molecule has 0 spiro atoms. The number of amides is 1. The summed E-state index contributed by atoms with van der Waals surface area (Å²) in [6.45, 7) is 1.91. The van der Waals surface area contributed by atoms with Crippen LogP contribution in [0.15, 0.2) is 71.1 Å². The van der Waals surface area contributed by atoms with Crippen LogP contribution in [0.2, 0.25) is 5.02 Å². The Morgan fingerprint density at radius 1 is 1.04 bits per heavy atom. The van der Waals surface area contributed by atoms with Gasteiger partial charge in [0.25, 0.3) is 5.91 Å². The maximum absolute atomic E-state index is 12.5. The van der Waals surface area contributed by atoms with Crippen molar-refractivity contribution in [2.45, 2.75) is 6.92 Å². The minimum Gasteiger partial charge on any atom is -0.436 e. The summed E-state index contributed by atoms with van der Waals surface area (Å²) in [5.41, 5.74) is 4.34. The van der Waals surface area contributed by atoms with Crippen molar-refractivity contribution in [1.82, 2.24) is 4.98 Å². The van der Waals surface area contributed by atoms with Gasteiger partial charge in [0.1, 0.15) is 5.52 Å². The summed E-state index contributed by atoms with van der Waals surface area (Å²) in [6.07, 6.45) is 0. The Hall–Kier alpha value is -3.11. The fourth-order valence-corrected chi connectivity index (χ4v) is 2.96. The van der Waals surface area contributed by atoms with E-state index in [0.717, 1.165) is 11.1 Å². The number of fused-ring (bicyclic) bond motifs is 1. The van der Waals surface area contributed by atoms with Gasteiger partial charge in [0.2, 0.25) is 5.89 Å². The molecule has 0 bridgehead atoms. The van der Waals surface area contributed by atoms with Gasteiger partial charge in [-0.15, -0.1) is 0 Å². The lowest BCUT2D eigenvalue weighted by Crippen LogP contribution is -2.13. The van der Waals surface area contributed by atoms with Crippen molar-refractivity contribution in [2.24, 2.45) is 0 Å². The van der Waals surface area contributed by atoms with E-state index < -0.39 is 0 Å². The number of carbonyl (C=O) groups excluding carboxylic acids is 1. The number of nitrogens with one attached hydrogen (secondary N) is 1. The lowest BCUT2D eigenvalue weighted by Gasteiger charge is -2.07. The third-order valence-corrected chi connectivity index (χ3v) is 4.34. The number of oxazole rings is 1. The Morgan fingerprint density at radius 3 is 2.69 bits per heavy atom. The van der Waals surface area contributed by atoms with Gasteiger partial charge in [-0.3, -0.25) is 4.79 Å². The lowest BCUT2D eigenvalue weighted by atomic mass is 10.1. The Bertz CT molecular complexity index is 1120. The molecule has 4 aromatic rings. The highest BCUT2D eigenvalue weighted by Gasteiger charge is 2.12. The van der Waals surface area contributed by atoms with Crippen LogP contribution in [0, 0.1) is 6.92 Å². The molecule has 0 radical (unpaired) electrons. The van der Waals surface area contributed by atoms with Crippen LogP contribution in [0.3, 0.4) is 0 Å². The van der Waals surface area contributed by atoms with Gasteiger partial charge in [-0.1, -0.05) is 35.9 Å². The zero-order valence-corrected chi connectivity index (χ0v) is 14.7. The molecule has 1 aromatic heterocycles. The molecule has 0 saturated carbocycles. The minimum absolute atomic E-state index is 0.156. The number of hydrogen-bond donors (Lipinski definition) is 1. The molecule has 4 rings (SSSR count). The second-order valence-electron chi connectivity index (χ2n) is 5.98. The van der Waals surface area contributed by atoms with E-state index in [4.69, 9.17) is 16.0 Å². The van der Waals surface area contributed by atoms with E-state index in [1.54, 1.807) is 24.3 Å². The molecule has 1 amide bonds. The van der Waals surface area contributed by atoms with E-state index in [0.29, 0.717) is 33.3 Å². The summed E-state index contributed by atoms with van der Waals surface area (Å²) >= 11 is 6.03. The number of halogens is 1. The zero-order valence-electron chi connectivity index (χ0n) is 14.0. The predicted octanol–water partition coefficient (Wildman–Crippen LogP) is 5.71. The molecule has 0 saturated heterocycles. The Kier molecular flexibility index (Phi) is 4.19. The van der Waals surface area contributed by atoms with Crippen molar-refractivity contribution >= 4 is 34.3 Å². The van der Waals surface area contributed by atoms with E-state index in [1.807, 2.05) is 49.4 Å². The van der Waals surface area contributed by atoms with Crippen molar-refractivity contribution in [3.8, 4) is 11.5 Å². The standard InChI is InChI=1S/C21H15ClN2O2/c1-13-5-2-3-8-17(13)20(25)23-16-9-10-18-19(12-16)26-21(24-18)14-6-4-7-15(22)11-14/h2-12H,1H3,(H,23,25). The SMILES string of the molecule is Cc1ccccc1C(=O)Nc1ccc2nc(-c3cccc(Cl)c3)oc2c1. The third kappa shape index (κ3) is 3.19. The van der Waals surface area contributed by atoms with E-state index in [2.05, 4.69) is 10.3 Å². The second-order valence-corrected chi connectivity index (χ2v) is 6.42. The molecule has 0 aliphatic carbocycles. The highest BCUT2D eigenvalue weighted by atomic mass is 35.5. The highest BCUT2D eigenvalue weighted by Crippen LogP contribution is 2.28. The first kappa shape index (κ1) is 16.4. The van der Waals surface area contributed by atoms with Gasteiger partial charge < -0.3 is 9.73 Å². The van der Waals surface area contributed by atoms with Gasteiger partial charge in [-0.25, -0.2) is 4.98 Å². The average Bonchev–Trinajstić information content (AvgIpc) is 3.05. The van der Waals surface area contributed by atoms with Crippen LogP contribution in [-0.2, 0) is 0 Å². The molecule has 4 nitrogen and oxygen atoms in total. The van der Waals surface area contributed by atoms with Gasteiger partial charge in [0, 0.05) is 27.9 Å². The van der Waals surface area contributed by atoms with E-state index in [-0.39, 0.29) is 5.91 Å². The molecule has 3 aromatic carbocycles. The first-order chi connectivity index (χ1) is 12.6. The first-order valence-corrected chi connectivity index (χ1v) is 8.51. The van der Waals surface area contributed by atoms with Gasteiger partial charge in [0.15, 0.2) is 5.58 Å². The molecule has 0 fully saturated rings. The van der Waals surface area contributed by atoms with Gasteiger partial charge in [-0.2, -0.15) is 0 Å². The summed E-state index contributed by atoms with van der Waals surface area (Å²) in [5.74, 6) is 0.335. The number of nitrogens with zero attached hydrogens (tertiary/aromatic N) is 1. The fraction of sp³-hybridized carbons (Fsp3) is 0.0476. The number of carbonyl (C=O) groups is 1. The van der Waals surface area contributed by atoms with Crippen LogP contribution in [0.1, 0.15) is 15.9 Å². The smallest absolute Gasteiger partial charge is 0.255 e. The fourth-order valence-electron chi connectivity index (χ4n) is 2.77. The van der Waals surface area contributed by atoms with E-state index >= 15 is 0 Å². The van der Waals surface area contributed by atoms with Crippen molar-refractivity contribution in [2.75, 3.05) is 5.32 Å². The normalized spacial score (nSPS) is 10.8. The Balaban J connectivity index is 1.64. The quantitative estimate of drug-likeness (QED) is 0.508. The average molecular weight is 363 g/mol. The lowest BCUT2D eigenvalue weighted by molar-refractivity contribution is 0.102. The molecule has 26 heavy (non-hydrogen) atoms. The van der Waals surface area contributed by atoms with Gasteiger partial charge in [0.05, 0.1) is 0 Å². The van der Waals surface area contributed by atoms with Crippen molar-refractivity contribution in [3.63, 3.8) is 0 Å². The van der Waals surface area contributed by atoms with Crippen molar-refractivity contribution < 1.29 is 9.21 Å². The molecule has 128 valence electrons. The summed E-state index contributed by atoms with van der Waals surface area (Å²) in [6, 6.07) is 20.2. The third-order valence-electron chi connectivity index (χ3n) is 4.11.